The summed E-state index contributed by atoms with van der Waals surface area (Å²) < 4.78 is 52.4. The number of nitrogens with zero attached hydrogens (tertiary/aromatic N) is 5. The van der Waals surface area contributed by atoms with Gasteiger partial charge >= 0.3 is 6.09 Å². The second kappa shape index (κ2) is 14.0. The topological polar surface area (TPSA) is 99.3 Å². The molecule has 0 unspecified atom stereocenters. The number of amides is 1. The van der Waals surface area contributed by atoms with Crippen molar-refractivity contribution in [2.75, 3.05) is 13.1 Å². The van der Waals surface area contributed by atoms with E-state index >= 15 is 4.39 Å². The first-order valence-corrected chi connectivity index (χ1v) is 19.0. The van der Waals surface area contributed by atoms with Crippen molar-refractivity contribution in [3.63, 3.8) is 0 Å². The third-order valence-corrected chi connectivity index (χ3v) is 11.2. The Balaban J connectivity index is 1.20. The van der Waals surface area contributed by atoms with Gasteiger partial charge in [0.05, 0.1) is 11.1 Å². The summed E-state index contributed by atoms with van der Waals surface area (Å²) in [7, 11) is -4.00. The van der Waals surface area contributed by atoms with Crippen LogP contribution in [0.3, 0.4) is 0 Å². The van der Waals surface area contributed by atoms with E-state index in [9.17, 15) is 13.2 Å². The number of carbonyl (C=O) groups excluding carboxylic acids is 1. The molecule has 52 heavy (non-hydrogen) atoms. The zero-order valence-corrected chi connectivity index (χ0v) is 30.6. The maximum Gasteiger partial charge on any atom is 0.410 e. The van der Waals surface area contributed by atoms with Crippen LogP contribution in [-0.4, -0.2) is 56.8 Å². The number of ether oxygens (including phenoxy) is 1. The van der Waals surface area contributed by atoms with Gasteiger partial charge < -0.3 is 9.64 Å². The summed E-state index contributed by atoms with van der Waals surface area (Å²) in [5.41, 5.74) is 5.13. The first-order chi connectivity index (χ1) is 24.9. The predicted molar refractivity (Wildman–Crippen MR) is 200 cm³/mol. The van der Waals surface area contributed by atoms with Gasteiger partial charge in [-0.3, -0.25) is 4.68 Å². The zero-order valence-electron chi connectivity index (χ0n) is 29.8. The molecular weight excluding hydrogens is 678 g/mol. The van der Waals surface area contributed by atoms with Crippen LogP contribution < -0.4 is 0 Å². The molecule has 0 saturated carbocycles. The monoisotopic (exact) mass is 719 g/mol. The Hall–Kier alpha value is -5.29. The van der Waals surface area contributed by atoms with Crippen LogP contribution in [0.4, 0.5) is 9.18 Å². The minimum atomic E-state index is -4.00. The van der Waals surface area contributed by atoms with Crippen molar-refractivity contribution < 1.29 is 22.3 Å². The van der Waals surface area contributed by atoms with Gasteiger partial charge in [-0.25, -0.2) is 26.6 Å². The Morgan fingerprint density at radius 1 is 0.904 bits per heavy atom. The molecule has 7 rings (SSSR count). The van der Waals surface area contributed by atoms with Crippen LogP contribution in [0.25, 0.3) is 33.3 Å². The Kier molecular flexibility index (Phi) is 9.48. The van der Waals surface area contributed by atoms with Gasteiger partial charge in [0.1, 0.15) is 11.4 Å². The fraction of sp³-hybridized carbons (Fsp3) is 0.293. The molecule has 1 aliphatic rings. The van der Waals surface area contributed by atoms with Crippen molar-refractivity contribution >= 4 is 27.1 Å². The average molecular weight is 720 g/mol. The van der Waals surface area contributed by atoms with E-state index in [-0.39, 0.29) is 28.4 Å². The van der Waals surface area contributed by atoms with Crippen LogP contribution >= 0.6 is 0 Å². The van der Waals surface area contributed by atoms with Gasteiger partial charge in [0.25, 0.3) is 10.0 Å². The third-order valence-electron chi connectivity index (χ3n) is 9.53. The molecule has 0 aliphatic carbocycles. The van der Waals surface area contributed by atoms with E-state index in [0.29, 0.717) is 60.1 Å². The summed E-state index contributed by atoms with van der Waals surface area (Å²) in [6, 6.07) is 24.0. The van der Waals surface area contributed by atoms with Crippen LogP contribution in [0.15, 0.2) is 109 Å². The van der Waals surface area contributed by atoms with Crippen molar-refractivity contribution in [1.82, 2.24) is 23.6 Å². The second-order valence-corrected chi connectivity index (χ2v) is 16.3. The number of aryl methyl sites for hydroxylation is 3. The molecule has 1 amide bonds. The fourth-order valence-corrected chi connectivity index (χ4v) is 8.05. The minimum absolute atomic E-state index is 0.0283. The number of likely N-dealkylation sites (tertiary alicyclic amines) is 1. The molecule has 1 fully saturated rings. The number of aromatic nitrogens is 4. The molecule has 1 aliphatic heterocycles. The van der Waals surface area contributed by atoms with Crippen LogP contribution in [0, 0.1) is 12.7 Å². The van der Waals surface area contributed by atoms with Crippen LogP contribution in [0.5, 0.6) is 0 Å². The van der Waals surface area contributed by atoms with Crippen molar-refractivity contribution in [2.24, 2.45) is 0 Å². The van der Waals surface area contributed by atoms with E-state index in [1.165, 1.54) is 15.6 Å². The fourth-order valence-electron chi connectivity index (χ4n) is 6.72. The van der Waals surface area contributed by atoms with Gasteiger partial charge in [-0.05, 0) is 93.8 Å². The van der Waals surface area contributed by atoms with Gasteiger partial charge in [0.15, 0.2) is 5.65 Å². The first-order valence-electron chi connectivity index (χ1n) is 17.5. The smallest absolute Gasteiger partial charge is 0.410 e. The van der Waals surface area contributed by atoms with E-state index in [1.54, 1.807) is 47.8 Å². The number of hydrogen-bond acceptors (Lipinski definition) is 6. The molecule has 0 spiro atoms. The van der Waals surface area contributed by atoms with Crippen LogP contribution in [0.2, 0.25) is 0 Å². The van der Waals surface area contributed by atoms with Crippen LogP contribution in [0.1, 0.15) is 56.2 Å². The molecule has 1 saturated heterocycles. The van der Waals surface area contributed by atoms with E-state index in [1.807, 2.05) is 75.0 Å². The Bertz CT molecular complexity index is 2340. The van der Waals surface area contributed by atoms with Gasteiger partial charge in [-0.15, -0.1) is 0 Å². The highest BCUT2D eigenvalue weighted by atomic mass is 32.2. The lowest BCUT2D eigenvalue weighted by molar-refractivity contribution is 0.0204. The number of rotatable bonds is 8. The highest BCUT2D eigenvalue weighted by Crippen LogP contribution is 2.37. The number of pyridine rings is 1. The summed E-state index contributed by atoms with van der Waals surface area (Å²) in [6.07, 6.45) is 8.55. The number of carbonyl (C=O) groups is 1. The van der Waals surface area contributed by atoms with Crippen molar-refractivity contribution in [3.05, 3.63) is 126 Å². The van der Waals surface area contributed by atoms with Gasteiger partial charge in [-0.1, -0.05) is 60.2 Å². The normalized spacial score (nSPS) is 14.2. The lowest BCUT2D eigenvalue weighted by Gasteiger charge is -2.33. The van der Waals surface area contributed by atoms with Crippen molar-refractivity contribution in [1.29, 1.82) is 0 Å². The molecule has 0 N–H and O–H groups in total. The average Bonchev–Trinajstić information content (AvgIpc) is 3.76. The zero-order chi connectivity index (χ0) is 36.6. The Morgan fingerprint density at radius 3 is 2.33 bits per heavy atom. The largest absolute Gasteiger partial charge is 0.444 e. The van der Waals surface area contributed by atoms with Crippen LogP contribution in [-0.2, 0) is 27.7 Å². The molecule has 268 valence electrons. The summed E-state index contributed by atoms with van der Waals surface area (Å²) >= 11 is 0. The maximum absolute atomic E-state index is 15.8. The molecule has 9 nitrogen and oxygen atoms in total. The van der Waals surface area contributed by atoms with Crippen molar-refractivity contribution in [2.45, 2.75) is 69.9 Å². The van der Waals surface area contributed by atoms with Gasteiger partial charge in [0, 0.05) is 60.3 Å². The maximum atomic E-state index is 15.8. The Morgan fingerprint density at radius 2 is 1.63 bits per heavy atom. The van der Waals surface area contributed by atoms with E-state index in [0.717, 1.165) is 17.5 Å². The summed E-state index contributed by atoms with van der Waals surface area (Å²) in [5, 5.41) is 5.20. The number of halogens is 1. The summed E-state index contributed by atoms with van der Waals surface area (Å²) in [5.74, 6) is -0.355. The second-order valence-electron chi connectivity index (χ2n) is 14.5. The molecule has 6 aromatic rings. The van der Waals surface area contributed by atoms with E-state index in [4.69, 9.17) is 4.74 Å². The van der Waals surface area contributed by atoms with Gasteiger partial charge in [-0.2, -0.15) is 5.10 Å². The standard InChI is InChI=1S/C41H42FN5O4S/c1-28-10-13-34(14-11-28)52(49,50)47-27-37(33-25-44-46(26-33)21-16-29-8-6-5-7-9-29)36-22-32(24-43-39(36)47)31-12-15-35(38(42)23-31)30-17-19-45(20-18-30)40(48)51-41(2,3)4/h5-15,22-27,30H,16-21H2,1-4H3. The molecule has 0 atom stereocenters. The first kappa shape index (κ1) is 35.1. The highest BCUT2D eigenvalue weighted by Gasteiger charge is 2.29. The highest BCUT2D eigenvalue weighted by molar-refractivity contribution is 7.90. The molecular formula is C41H42FN5O4S. The number of hydrogen-bond donors (Lipinski definition) is 0. The number of fused-ring (bicyclic) bond motifs is 1. The lowest BCUT2D eigenvalue weighted by Crippen LogP contribution is -2.41. The summed E-state index contributed by atoms with van der Waals surface area (Å²) in [6.45, 7) is 9.07. The van der Waals surface area contributed by atoms with E-state index < -0.39 is 15.6 Å². The number of piperidine rings is 1. The SMILES string of the molecule is Cc1ccc(S(=O)(=O)n2cc(-c3cnn(CCc4ccccc4)c3)c3cc(-c4ccc(C5CCN(C(=O)OC(C)(C)C)CC5)c(F)c4)cnc32)cc1. The molecule has 11 heteroatoms. The Labute approximate surface area is 303 Å². The third kappa shape index (κ3) is 7.36. The number of benzene rings is 3. The molecule has 3 aromatic heterocycles. The minimum Gasteiger partial charge on any atom is -0.444 e. The molecule has 0 radical (unpaired) electrons. The predicted octanol–water partition coefficient (Wildman–Crippen LogP) is 8.61. The molecule has 3 aromatic carbocycles. The molecule has 4 heterocycles. The summed E-state index contributed by atoms with van der Waals surface area (Å²) in [4.78, 5) is 19.1. The molecule has 0 bridgehead atoms. The van der Waals surface area contributed by atoms with Crippen molar-refractivity contribution in [3.8, 4) is 22.3 Å². The van der Waals surface area contributed by atoms with Gasteiger partial charge in [0.2, 0.25) is 0 Å². The van der Waals surface area contributed by atoms with E-state index in [2.05, 4.69) is 22.2 Å². The quantitative estimate of drug-likeness (QED) is 0.156. The lowest BCUT2D eigenvalue weighted by atomic mass is 9.88.